The first-order valence-electron chi connectivity index (χ1n) is 8.31. The van der Waals surface area contributed by atoms with E-state index in [0.717, 1.165) is 25.1 Å². The van der Waals surface area contributed by atoms with Crippen molar-refractivity contribution in [1.82, 2.24) is 25.2 Å². The van der Waals surface area contributed by atoms with E-state index in [-0.39, 0.29) is 18.1 Å². The lowest BCUT2D eigenvalue weighted by Gasteiger charge is -2.46. The van der Waals surface area contributed by atoms with Gasteiger partial charge in [-0.1, -0.05) is 30.3 Å². The zero-order valence-corrected chi connectivity index (χ0v) is 13.7. The number of amides is 1. The third-order valence-corrected chi connectivity index (χ3v) is 4.85. The molecule has 0 unspecified atom stereocenters. The number of morpholine rings is 1. The van der Waals surface area contributed by atoms with Crippen molar-refractivity contribution >= 4 is 5.91 Å². The third-order valence-electron chi connectivity index (χ3n) is 4.85. The average molecular weight is 327 g/mol. The molecule has 1 N–H and O–H groups in total. The van der Waals surface area contributed by atoms with E-state index in [9.17, 15) is 4.79 Å². The predicted octanol–water partition coefficient (Wildman–Crippen LogP) is 1.02. The maximum absolute atomic E-state index is 13.1. The molecule has 0 spiro atoms. The Hall–Kier alpha value is -2.25. The number of aromatic nitrogens is 3. The summed E-state index contributed by atoms with van der Waals surface area (Å²) in [5.74, 6) is -0.0730. The highest BCUT2D eigenvalue weighted by Gasteiger charge is 2.39. The van der Waals surface area contributed by atoms with Gasteiger partial charge in [-0.2, -0.15) is 15.4 Å². The molecule has 0 saturated carbocycles. The molecular weight excluding hydrogens is 306 g/mol. The van der Waals surface area contributed by atoms with Gasteiger partial charge in [-0.05, 0) is 13.5 Å². The minimum atomic E-state index is -0.0730. The van der Waals surface area contributed by atoms with Gasteiger partial charge in [0.15, 0.2) is 5.69 Å². The highest BCUT2D eigenvalue weighted by Crippen LogP contribution is 2.26. The van der Waals surface area contributed by atoms with Gasteiger partial charge >= 0.3 is 0 Å². The van der Waals surface area contributed by atoms with E-state index in [4.69, 9.17) is 4.74 Å². The lowest BCUT2D eigenvalue weighted by atomic mass is 9.98. The highest BCUT2D eigenvalue weighted by molar-refractivity contribution is 5.98. The summed E-state index contributed by atoms with van der Waals surface area (Å²) < 4.78 is 5.88. The number of aromatic amines is 1. The van der Waals surface area contributed by atoms with Crippen molar-refractivity contribution in [2.45, 2.75) is 18.6 Å². The molecule has 2 saturated heterocycles. The number of H-pyrrole nitrogens is 1. The summed E-state index contributed by atoms with van der Waals surface area (Å²) >= 11 is 0. The van der Waals surface area contributed by atoms with Crippen LogP contribution in [0.15, 0.2) is 30.3 Å². The summed E-state index contributed by atoms with van der Waals surface area (Å²) in [4.78, 5) is 17.3. The number of fused-ring (bicyclic) bond motifs is 1. The molecule has 7 nitrogen and oxygen atoms in total. The molecule has 1 amide bonds. The van der Waals surface area contributed by atoms with Gasteiger partial charge in [0, 0.05) is 25.2 Å². The molecule has 2 atom stereocenters. The predicted molar refractivity (Wildman–Crippen MR) is 88.5 cm³/mol. The van der Waals surface area contributed by atoms with Gasteiger partial charge in [-0.3, -0.25) is 4.79 Å². The quantitative estimate of drug-likeness (QED) is 0.891. The SMILES string of the molecule is CN1CC[C@H]2OCCN(C(=O)c3n[nH]nc3-c3ccccc3)[C@@H]2C1. The number of carbonyl (C=O) groups is 1. The number of nitrogens with one attached hydrogen (secondary N) is 1. The molecule has 1 aromatic heterocycles. The van der Waals surface area contributed by atoms with Gasteiger partial charge < -0.3 is 14.5 Å². The van der Waals surface area contributed by atoms with E-state index in [0.29, 0.717) is 24.5 Å². The molecule has 1 aromatic carbocycles. The summed E-state index contributed by atoms with van der Waals surface area (Å²) in [7, 11) is 2.08. The van der Waals surface area contributed by atoms with Crippen LogP contribution in [0.1, 0.15) is 16.9 Å². The van der Waals surface area contributed by atoms with E-state index in [2.05, 4.69) is 27.4 Å². The number of rotatable bonds is 2. The third kappa shape index (κ3) is 2.70. The fourth-order valence-corrected chi connectivity index (χ4v) is 3.60. The minimum Gasteiger partial charge on any atom is -0.374 e. The number of ether oxygens (including phenoxy) is 1. The van der Waals surface area contributed by atoms with Crippen LogP contribution in [0.5, 0.6) is 0 Å². The van der Waals surface area contributed by atoms with Crippen LogP contribution in [0.2, 0.25) is 0 Å². The molecule has 0 aliphatic carbocycles. The Balaban J connectivity index is 1.63. The van der Waals surface area contributed by atoms with Crippen molar-refractivity contribution < 1.29 is 9.53 Å². The molecular formula is C17H21N5O2. The van der Waals surface area contributed by atoms with E-state index in [1.165, 1.54) is 0 Å². The van der Waals surface area contributed by atoms with E-state index < -0.39 is 0 Å². The van der Waals surface area contributed by atoms with Crippen LogP contribution < -0.4 is 0 Å². The second-order valence-corrected chi connectivity index (χ2v) is 6.41. The summed E-state index contributed by atoms with van der Waals surface area (Å²) in [6, 6.07) is 9.75. The van der Waals surface area contributed by atoms with E-state index in [1.54, 1.807) is 0 Å². The van der Waals surface area contributed by atoms with E-state index >= 15 is 0 Å². The van der Waals surface area contributed by atoms with Crippen LogP contribution in [-0.4, -0.2) is 76.6 Å². The van der Waals surface area contributed by atoms with Crippen LogP contribution in [0, 0.1) is 0 Å². The number of carbonyl (C=O) groups excluding carboxylic acids is 1. The highest BCUT2D eigenvalue weighted by atomic mass is 16.5. The molecule has 126 valence electrons. The molecule has 3 heterocycles. The largest absolute Gasteiger partial charge is 0.374 e. The van der Waals surface area contributed by atoms with Gasteiger partial charge in [-0.15, -0.1) is 0 Å². The zero-order chi connectivity index (χ0) is 16.5. The number of piperidine rings is 1. The van der Waals surface area contributed by atoms with Crippen LogP contribution in [0.3, 0.4) is 0 Å². The Labute approximate surface area is 140 Å². The fourth-order valence-electron chi connectivity index (χ4n) is 3.60. The van der Waals surface area contributed by atoms with Crippen LogP contribution in [0.25, 0.3) is 11.3 Å². The topological polar surface area (TPSA) is 74.3 Å². The average Bonchev–Trinajstić information content (AvgIpc) is 3.11. The fraction of sp³-hybridized carbons (Fsp3) is 0.471. The van der Waals surface area contributed by atoms with Gasteiger partial charge in [0.1, 0.15) is 5.69 Å². The molecule has 2 aromatic rings. The number of hydrogen-bond donors (Lipinski definition) is 1. The maximum atomic E-state index is 13.1. The molecule has 4 rings (SSSR count). The van der Waals surface area contributed by atoms with Crippen molar-refractivity contribution in [3.05, 3.63) is 36.0 Å². The van der Waals surface area contributed by atoms with Gasteiger partial charge in [0.25, 0.3) is 5.91 Å². The monoisotopic (exact) mass is 327 g/mol. The normalized spacial score (nSPS) is 24.6. The Morgan fingerprint density at radius 2 is 2.08 bits per heavy atom. The second kappa shape index (κ2) is 6.33. The van der Waals surface area contributed by atoms with Crippen LogP contribution >= 0.6 is 0 Å². The second-order valence-electron chi connectivity index (χ2n) is 6.41. The van der Waals surface area contributed by atoms with Crippen LogP contribution in [0.4, 0.5) is 0 Å². The molecule has 2 aliphatic heterocycles. The molecule has 2 aliphatic rings. The molecule has 24 heavy (non-hydrogen) atoms. The van der Waals surface area contributed by atoms with Gasteiger partial charge in [0.2, 0.25) is 0 Å². The maximum Gasteiger partial charge on any atom is 0.277 e. The van der Waals surface area contributed by atoms with Gasteiger partial charge in [-0.25, -0.2) is 0 Å². The van der Waals surface area contributed by atoms with Gasteiger partial charge in [0.05, 0.1) is 18.8 Å². The molecule has 7 heteroatoms. The summed E-state index contributed by atoms with van der Waals surface area (Å²) in [6.45, 7) is 3.00. The zero-order valence-electron chi connectivity index (χ0n) is 13.7. The number of likely N-dealkylation sites (tertiary alicyclic amines) is 1. The van der Waals surface area contributed by atoms with Crippen molar-refractivity contribution in [3.8, 4) is 11.3 Å². The van der Waals surface area contributed by atoms with Crippen molar-refractivity contribution in [3.63, 3.8) is 0 Å². The van der Waals surface area contributed by atoms with Crippen molar-refractivity contribution in [2.75, 3.05) is 33.3 Å². The smallest absolute Gasteiger partial charge is 0.277 e. The van der Waals surface area contributed by atoms with Crippen molar-refractivity contribution in [1.29, 1.82) is 0 Å². The molecule has 0 radical (unpaired) electrons. The number of benzene rings is 1. The van der Waals surface area contributed by atoms with Crippen molar-refractivity contribution in [2.24, 2.45) is 0 Å². The molecule has 2 fully saturated rings. The molecule has 0 bridgehead atoms. The first-order chi connectivity index (χ1) is 11.7. The van der Waals surface area contributed by atoms with E-state index in [1.807, 2.05) is 35.2 Å². The number of likely N-dealkylation sites (N-methyl/N-ethyl adjacent to an activating group) is 1. The Morgan fingerprint density at radius 3 is 2.92 bits per heavy atom. The summed E-state index contributed by atoms with van der Waals surface area (Å²) in [5, 5.41) is 10.9. The summed E-state index contributed by atoms with van der Waals surface area (Å²) in [5.41, 5.74) is 1.88. The number of nitrogens with zero attached hydrogens (tertiary/aromatic N) is 4. The Bertz CT molecular complexity index is 717. The lowest BCUT2D eigenvalue weighted by Crippen LogP contribution is -2.60. The minimum absolute atomic E-state index is 0.0730. The first kappa shape index (κ1) is 15.3. The lowest BCUT2D eigenvalue weighted by molar-refractivity contribution is -0.0871. The Kier molecular flexibility index (Phi) is 4.03. The number of hydrogen-bond acceptors (Lipinski definition) is 5. The Morgan fingerprint density at radius 1 is 1.25 bits per heavy atom. The standard InChI is InChI=1S/C17H21N5O2/c1-21-8-7-14-13(11-21)22(9-10-24-14)17(23)16-15(18-20-19-16)12-5-3-2-4-6-12/h2-6,13-14H,7-11H2,1H3,(H,18,19,20)/t13-,14-/m1/s1. The van der Waals surface area contributed by atoms with Crippen LogP contribution in [-0.2, 0) is 4.74 Å². The first-order valence-corrected chi connectivity index (χ1v) is 8.31. The summed E-state index contributed by atoms with van der Waals surface area (Å²) in [6.07, 6.45) is 1.07.